The van der Waals surface area contributed by atoms with Crippen LogP contribution in [0.3, 0.4) is 0 Å². The first-order valence-electron chi connectivity index (χ1n) is 16.6. The van der Waals surface area contributed by atoms with E-state index in [9.17, 15) is 0 Å². The molecule has 0 N–H and O–H groups in total. The largest absolute Gasteiger partial charge is 0.455 e. The van der Waals surface area contributed by atoms with E-state index in [1.54, 1.807) is 0 Å². The quantitative estimate of drug-likeness (QED) is 0.162. The van der Waals surface area contributed by atoms with E-state index < -0.39 is 0 Å². The molecule has 0 atom stereocenters. The maximum Gasteiger partial charge on any atom is 0.333 e. The Morgan fingerprint density at radius 1 is 0.596 bits per heavy atom. The maximum absolute atomic E-state index is 6.88. The van der Waals surface area contributed by atoms with Crippen molar-refractivity contribution in [2.75, 3.05) is 4.90 Å². The number of aromatic nitrogens is 1. The van der Waals surface area contributed by atoms with Crippen LogP contribution >= 0.6 is 0 Å². The van der Waals surface area contributed by atoms with Crippen LogP contribution in [0.4, 0.5) is 17.1 Å². The molecule has 5 heterocycles. The van der Waals surface area contributed by atoms with Crippen molar-refractivity contribution in [2.24, 2.45) is 0 Å². The van der Waals surface area contributed by atoms with Crippen molar-refractivity contribution in [1.29, 1.82) is 0 Å². The summed E-state index contributed by atoms with van der Waals surface area (Å²) in [6, 6.07) is 47.3. The zero-order valence-electron chi connectivity index (χ0n) is 26.0. The molecule has 0 spiro atoms. The fraction of sp³-hybridized carbons (Fsp3) is 0.0698. The number of furan rings is 1. The number of hydrogen-bond acceptors (Lipinski definition) is 2. The van der Waals surface area contributed by atoms with Gasteiger partial charge in [0.05, 0.1) is 5.69 Å². The molecule has 47 heavy (non-hydrogen) atoms. The normalized spacial score (nSPS) is 15.1. The predicted octanol–water partition coefficient (Wildman–Crippen LogP) is 9.90. The molecular weight excluding hydrogens is 571 g/mol. The highest BCUT2D eigenvalue weighted by atomic mass is 16.3. The summed E-state index contributed by atoms with van der Waals surface area (Å²) in [4.78, 5) is 2.58. The Kier molecular flexibility index (Phi) is 4.15. The lowest BCUT2D eigenvalue weighted by Gasteiger charge is -2.48. The lowest BCUT2D eigenvalue weighted by molar-refractivity contribution is 0.632. The molecule has 0 fully saturated rings. The average molecular weight is 599 g/mol. The standard InChI is InChI=1S/C43H27BN2O/c1-43(2)31-16-6-7-19-34(31)45-35-23-30-26-13-5-8-20-36(26)47-42(30)37-29-15-9-14-27-28-22-21-24-11-3-4-12-25(24)39(28)46(40(27)29)44(38(35)37)33-18-10-17-32(43)41(33)45/h3-23H,1-2H3. The minimum absolute atomic E-state index is 0.0226. The first-order valence-corrected chi connectivity index (χ1v) is 16.6. The van der Waals surface area contributed by atoms with Crippen LogP contribution in [0.1, 0.15) is 25.0 Å². The third-order valence-electron chi connectivity index (χ3n) is 11.5. The molecule has 2 aromatic heterocycles. The summed E-state index contributed by atoms with van der Waals surface area (Å²) < 4.78 is 9.57. The molecule has 0 saturated carbocycles. The number of hydrogen-bond donors (Lipinski definition) is 0. The minimum atomic E-state index is -0.154. The van der Waals surface area contributed by atoms with Crippen LogP contribution in [0, 0.1) is 0 Å². The molecule has 4 heteroatoms. The van der Waals surface area contributed by atoms with Gasteiger partial charge in [-0.15, -0.1) is 0 Å². The lowest BCUT2D eigenvalue weighted by atomic mass is 9.44. The van der Waals surface area contributed by atoms with Gasteiger partial charge in [0, 0.05) is 65.9 Å². The molecule has 3 aliphatic heterocycles. The van der Waals surface area contributed by atoms with Crippen molar-refractivity contribution in [3.05, 3.63) is 139 Å². The van der Waals surface area contributed by atoms with Gasteiger partial charge in [-0.3, -0.25) is 0 Å². The van der Waals surface area contributed by atoms with Gasteiger partial charge in [-0.2, -0.15) is 0 Å². The van der Waals surface area contributed by atoms with E-state index in [2.05, 4.69) is 151 Å². The number of benzene rings is 7. The van der Waals surface area contributed by atoms with Gasteiger partial charge in [-0.25, -0.2) is 0 Å². The zero-order chi connectivity index (χ0) is 30.8. The smallest absolute Gasteiger partial charge is 0.333 e. The van der Waals surface area contributed by atoms with Gasteiger partial charge in [0.15, 0.2) is 0 Å². The van der Waals surface area contributed by atoms with E-state index >= 15 is 0 Å². The molecule has 3 aliphatic rings. The molecular formula is C43H27BN2O. The monoisotopic (exact) mass is 598 g/mol. The summed E-state index contributed by atoms with van der Waals surface area (Å²) in [7, 11) is 0. The Labute approximate surface area is 271 Å². The third kappa shape index (κ3) is 2.68. The second-order valence-corrected chi connectivity index (χ2v) is 14.0. The number of para-hydroxylation sites is 4. The summed E-state index contributed by atoms with van der Waals surface area (Å²) in [5.74, 6) is 0. The summed E-state index contributed by atoms with van der Waals surface area (Å²) in [6.07, 6.45) is 0. The highest BCUT2D eigenvalue weighted by Gasteiger charge is 2.48. The Hall–Kier alpha value is -5.74. The van der Waals surface area contributed by atoms with Gasteiger partial charge in [0.2, 0.25) is 0 Å². The fourth-order valence-corrected chi connectivity index (χ4v) is 9.59. The maximum atomic E-state index is 6.88. The molecule has 0 aliphatic carbocycles. The van der Waals surface area contributed by atoms with E-state index in [1.165, 1.54) is 88.2 Å². The van der Waals surface area contributed by atoms with Crippen LogP contribution < -0.4 is 15.8 Å². The van der Waals surface area contributed by atoms with E-state index in [0.717, 1.165) is 16.6 Å². The third-order valence-corrected chi connectivity index (χ3v) is 11.5. The van der Waals surface area contributed by atoms with E-state index in [4.69, 9.17) is 4.42 Å². The predicted molar refractivity (Wildman–Crippen MR) is 197 cm³/mol. The van der Waals surface area contributed by atoms with Gasteiger partial charge in [-0.1, -0.05) is 123 Å². The summed E-state index contributed by atoms with van der Waals surface area (Å²) >= 11 is 0. The van der Waals surface area contributed by atoms with Crippen molar-refractivity contribution in [3.63, 3.8) is 0 Å². The highest BCUT2D eigenvalue weighted by Crippen LogP contribution is 2.55. The fourth-order valence-electron chi connectivity index (χ4n) is 9.59. The van der Waals surface area contributed by atoms with E-state index in [0.29, 0.717) is 0 Å². The van der Waals surface area contributed by atoms with Crippen LogP contribution in [0.5, 0.6) is 0 Å². The lowest BCUT2D eigenvalue weighted by Crippen LogP contribution is -2.58. The van der Waals surface area contributed by atoms with Gasteiger partial charge < -0.3 is 13.8 Å². The summed E-state index contributed by atoms with van der Waals surface area (Å²) in [5, 5.41) is 7.48. The Bertz CT molecular complexity index is 2910. The first-order chi connectivity index (χ1) is 23.1. The van der Waals surface area contributed by atoms with Gasteiger partial charge >= 0.3 is 6.85 Å². The number of fused-ring (bicyclic) bond motifs is 15. The SMILES string of the molecule is CC1(C)c2ccccc2N2c3cc4c(oc5ccccc54)c4c3B(c3cccc1c32)n1c2c-4cccc2c2ccc3ccccc3c21. The first kappa shape index (κ1) is 24.5. The number of anilines is 3. The molecule has 0 amide bonds. The topological polar surface area (TPSA) is 21.3 Å². The van der Waals surface area contributed by atoms with Crippen molar-refractivity contribution in [1.82, 2.24) is 4.48 Å². The molecule has 3 nitrogen and oxygen atoms in total. The van der Waals surface area contributed by atoms with E-state index in [1.807, 2.05) is 0 Å². The van der Waals surface area contributed by atoms with Crippen molar-refractivity contribution in [3.8, 4) is 11.1 Å². The molecule has 0 unspecified atom stereocenters. The Morgan fingerprint density at radius 2 is 1.34 bits per heavy atom. The molecule has 0 radical (unpaired) electrons. The second kappa shape index (κ2) is 7.97. The summed E-state index contributed by atoms with van der Waals surface area (Å²) in [6.45, 7) is 4.75. The van der Waals surface area contributed by atoms with Gasteiger partial charge in [0.1, 0.15) is 11.2 Å². The molecule has 0 saturated heterocycles. The molecule has 218 valence electrons. The molecule has 12 rings (SSSR count). The van der Waals surface area contributed by atoms with Crippen LogP contribution in [-0.4, -0.2) is 11.3 Å². The van der Waals surface area contributed by atoms with Crippen LogP contribution in [-0.2, 0) is 5.41 Å². The van der Waals surface area contributed by atoms with Crippen molar-refractivity contribution >= 4 is 89.4 Å². The second-order valence-electron chi connectivity index (χ2n) is 14.0. The number of rotatable bonds is 0. The van der Waals surface area contributed by atoms with Crippen LogP contribution in [0.15, 0.2) is 132 Å². The molecule has 0 bridgehead atoms. The minimum Gasteiger partial charge on any atom is -0.455 e. The van der Waals surface area contributed by atoms with Crippen LogP contribution in [0.25, 0.3) is 65.6 Å². The van der Waals surface area contributed by atoms with E-state index in [-0.39, 0.29) is 12.3 Å². The summed E-state index contributed by atoms with van der Waals surface area (Å²) in [5.41, 5.74) is 16.0. The van der Waals surface area contributed by atoms with Gasteiger partial charge in [-0.05, 0) is 45.6 Å². The molecule has 7 aromatic carbocycles. The Morgan fingerprint density at radius 3 is 2.28 bits per heavy atom. The van der Waals surface area contributed by atoms with Crippen LogP contribution in [0.2, 0.25) is 0 Å². The Balaban J connectivity index is 1.37. The highest BCUT2D eigenvalue weighted by molar-refractivity contribution is 6.90. The van der Waals surface area contributed by atoms with Crippen molar-refractivity contribution in [2.45, 2.75) is 19.3 Å². The zero-order valence-corrected chi connectivity index (χ0v) is 26.0. The molecule has 9 aromatic rings. The van der Waals surface area contributed by atoms with Gasteiger partial charge in [0.25, 0.3) is 0 Å². The average Bonchev–Trinajstić information content (AvgIpc) is 3.65. The van der Waals surface area contributed by atoms with Crippen molar-refractivity contribution < 1.29 is 4.42 Å². The number of nitrogens with zero attached hydrogens (tertiary/aromatic N) is 2.